The third kappa shape index (κ3) is 4.18. The third-order valence-corrected chi connectivity index (χ3v) is 3.10. The first-order valence-electron chi connectivity index (χ1n) is 6.82. The summed E-state index contributed by atoms with van der Waals surface area (Å²) in [6.45, 7) is 1.85. The molecule has 2 aromatic rings. The van der Waals surface area contributed by atoms with Crippen LogP contribution in [0.25, 0.3) is 5.57 Å². The van der Waals surface area contributed by atoms with E-state index in [2.05, 4.69) is 9.97 Å². The largest absolute Gasteiger partial charge is 0.467 e. The Kier molecular flexibility index (Phi) is 5.16. The van der Waals surface area contributed by atoms with Crippen LogP contribution in [0.4, 0.5) is 13.2 Å². The van der Waals surface area contributed by atoms with E-state index in [1.54, 1.807) is 24.5 Å². The molecule has 120 valence electrons. The van der Waals surface area contributed by atoms with Gasteiger partial charge in [0.2, 0.25) is 0 Å². The molecule has 1 aromatic carbocycles. The van der Waals surface area contributed by atoms with Crippen molar-refractivity contribution in [2.75, 3.05) is 7.11 Å². The summed E-state index contributed by atoms with van der Waals surface area (Å²) in [4.78, 5) is 8.06. The number of rotatable bonds is 4. The molecule has 1 heterocycles. The minimum Gasteiger partial charge on any atom is -0.467 e. The number of nitrogens with zero attached hydrogens (tertiary/aromatic N) is 2. The maximum absolute atomic E-state index is 12.7. The van der Waals surface area contributed by atoms with E-state index in [0.29, 0.717) is 11.1 Å². The second-order valence-corrected chi connectivity index (χ2v) is 4.64. The lowest BCUT2D eigenvalue weighted by atomic mass is 9.98. The van der Waals surface area contributed by atoms with Gasteiger partial charge in [-0.25, -0.2) is 9.97 Å². The molecule has 0 saturated carbocycles. The number of aromatic nitrogens is 2. The monoisotopic (exact) mass is 320 g/mol. The van der Waals surface area contributed by atoms with Gasteiger partial charge in [0.05, 0.1) is 12.7 Å². The van der Waals surface area contributed by atoms with Gasteiger partial charge in [0, 0.05) is 18.0 Å². The van der Waals surface area contributed by atoms with Crippen LogP contribution in [-0.4, -0.2) is 17.1 Å². The molecule has 0 unspecified atom stereocenters. The fourth-order valence-electron chi connectivity index (χ4n) is 1.95. The van der Waals surface area contributed by atoms with Crippen molar-refractivity contribution in [3.05, 3.63) is 71.6 Å². The Morgan fingerprint density at radius 2 is 1.65 bits per heavy atom. The van der Waals surface area contributed by atoms with Crippen LogP contribution in [0.3, 0.4) is 0 Å². The topological polar surface area (TPSA) is 35.0 Å². The van der Waals surface area contributed by atoms with Crippen molar-refractivity contribution in [1.82, 2.24) is 9.97 Å². The highest BCUT2D eigenvalue weighted by molar-refractivity contribution is 5.80. The highest BCUT2D eigenvalue weighted by atomic mass is 19.4. The van der Waals surface area contributed by atoms with Crippen molar-refractivity contribution >= 4 is 5.57 Å². The Morgan fingerprint density at radius 1 is 1.04 bits per heavy atom. The number of benzene rings is 1. The molecule has 0 bridgehead atoms. The first-order valence-corrected chi connectivity index (χ1v) is 6.82. The van der Waals surface area contributed by atoms with Gasteiger partial charge in [-0.1, -0.05) is 30.4 Å². The summed E-state index contributed by atoms with van der Waals surface area (Å²) in [5.74, 6) is 0. The van der Waals surface area contributed by atoms with Crippen LogP contribution in [0, 0.1) is 0 Å². The summed E-state index contributed by atoms with van der Waals surface area (Å²) in [7, 11) is 1.46. The molecule has 0 amide bonds. The molecule has 2 rings (SSSR count). The smallest absolute Gasteiger partial charge is 0.416 e. The second kappa shape index (κ2) is 7.09. The standard InChI is InChI=1S/C17H15F3N2O/c1-3-4-5-15(13-10-21-16(23-2)22-11-13)12-6-8-14(9-7-12)17(18,19)20/h3-11H,1-2H3. The number of hydrogen-bond donors (Lipinski definition) is 0. The van der Waals surface area contributed by atoms with Gasteiger partial charge in [0.25, 0.3) is 0 Å². The van der Waals surface area contributed by atoms with Gasteiger partial charge < -0.3 is 4.74 Å². The number of allylic oxidation sites excluding steroid dienone is 3. The molecule has 0 radical (unpaired) electrons. The normalized spacial score (nSPS) is 12.7. The summed E-state index contributed by atoms with van der Waals surface area (Å²) in [6.07, 6.45) is 4.21. The number of alkyl halides is 3. The van der Waals surface area contributed by atoms with Gasteiger partial charge in [-0.05, 0) is 30.2 Å². The highest BCUT2D eigenvalue weighted by Gasteiger charge is 2.30. The van der Waals surface area contributed by atoms with E-state index in [1.807, 2.05) is 13.0 Å². The quantitative estimate of drug-likeness (QED) is 0.777. The van der Waals surface area contributed by atoms with Gasteiger partial charge in [-0.3, -0.25) is 0 Å². The van der Waals surface area contributed by atoms with Crippen molar-refractivity contribution in [1.29, 1.82) is 0 Å². The van der Waals surface area contributed by atoms with Gasteiger partial charge in [-0.15, -0.1) is 0 Å². The Hall–Kier alpha value is -2.63. The predicted molar refractivity (Wildman–Crippen MR) is 81.9 cm³/mol. The molecule has 0 N–H and O–H groups in total. The van der Waals surface area contributed by atoms with E-state index >= 15 is 0 Å². The molecule has 0 aliphatic carbocycles. The molecular formula is C17H15F3N2O. The van der Waals surface area contributed by atoms with Crippen molar-refractivity contribution in [3.8, 4) is 6.01 Å². The summed E-state index contributed by atoms with van der Waals surface area (Å²) in [6, 6.07) is 5.21. The molecule has 3 nitrogen and oxygen atoms in total. The molecule has 0 aliphatic heterocycles. The second-order valence-electron chi connectivity index (χ2n) is 4.64. The van der Waals surface area contributed by atoms with E-state index in [4.69, 9.17) is 4.74 Å². The van der Waals surface area contributed by atoms with Gasteiger partial charge in [-0.2, -0.15) is 13.2 Å². The molecular weight excluding hydrogens is 305 g/mol. The predicted octanol–water partition coefficient (Wildman–Crippen LogP) is 4.51. The molecule has 0 saturated heterocycles. The molecule has 0 fully saturated rings. The van der Waals surface area contributed by atoms with Crippen LogP contribution in [-0.2, 0) is 6.18 Å². The fraction of sp³-hybridized carbons (Fsp3) is 0.176. The Bertz CT molecular complexity index is 702. The maximum atomic E-state index is 12.7. The Balaban J connectivity index is 2.42. The summed E-state index contributed by atoms with van der Waals surface area (Å²) in [5, 5.41) is 0. The van der Waals surface area contributed by atoms with Crippen LogP contribution >= 0.6 is 0 Å². The van der Waals surface area contributed by atoms with Crippen molar-refractivity contribution < 1.29 is 17.9 Å². The minimum absolute atomic E-state index is 0.228. The summed E-state index contributed by atoms with van der Waals surface area (Å²) < 4.78 is 42.9. The van der Waals surface area contributed by atoms with E-state index in [1.165, 1.54) is 19.2 Å². The lowest BCUT2D eigenvalue weighted by molar-refractivity contribution is -0.137. The lowest BCUT2D eigenvalue weighted by Crippen LogP contribution is -2.04. The van der Waals surface area contributed by atoms with Crippen LogP contribution in [0.2, 0.25) is 0 Å². The van der Waals surface area contributed by atoms with E-state index in [0.717, 1.165) is 17.7 Å². The Morgan fingerprint density at radius 3 is 2.13 bits per heavy atom. The number of methoxy groups -OCH3 is 1. The molecule has 23 heavy (non-hydrogen) atoms. The van der Waals surface area contributed by atoms with Crippen LogP contribution in [0.1, 0.15) is 23.6 Å². The lowest BCUT2D eigenvalue weighted by Gasteiger charge is -2.10. The zero-order valence-corrected chi connectivity index (χ0v) is 12.6. The average Bonchev–Trinajstić information content (AvgIpc) is 2.55. The molecule has 6 heteroatoms. The number of halogens is 3. The molecule has 1 aromatic heterocycles. The molecule has 0 aliphatic rings. The Labute approximate surface area is 132 Å². The summed E-state index contributed by atoms with van der Waals surface area (Å²) >= 11 is 0. The summed E-state index contributed by atoms with van der Waals surface area (Å²) in [5.41, 5.74) is 1.37. The molecule has 0 atom stereocenters. The van der Waals surface area contributed by atoms with E-state index < -0.39 is 11.7 Å². The van der Waals surface area contributed by atoms with Crippen LogP contribution < -0.4 is 4.74 Å². The van der Waals surface area contributed by atoms with Crippen molar-refractivity contribution in [3.63, 3.8) is 0 Å². The average molecular weight is 320 g/mol. The van der Waals surface area contributed by atoms with Gasteiger partial charge >= 0.3 is 12.2 Å². The zero-order chi connectivity index (χ0) is 16.9. The fourth-order valence-corrected chi connectivity index (χ4v) is 1.95. The van der Waals surface area contributed by atoms with Gasteiger partial charge in [0.15, 0.2) is 0 Å². The first-order chi connectivity index (χ1) is 11.0. The highest BCUT2D eigenvalue weighted by Crippen LogP contribution is 2.31. The van der Waals surface area contributed by atoms with E-state index in [-0.39, 0.29) is 6.01 Å². The van der Waals surface area contributed by atoms with Crippen LogP contribution in [0.5, 0.6) is 6.01 Å². The minimum atomic E-state index is -4.35. The first kappa shape index (κ1) is 16.7. The van der Waals surface area contributed by atoms with E-state index in [9.17, 15) is 13.2 Å². The third-order valence-electron chi connectivity index (χ3n) is 3.10. The van der Waals surface area contributed by atoms with Gasteiger partial charge in [0.1, 0.15) is 0 Å². The molecule has 0 spiro atoms. The number of hydrogen-bond acceptors (Lipinski definition) is 3. The zero-order valence-electron chi connectivity index (χ0n) is 12.6. The SMILES string of the molecule is CC=CC=C(c1ccc(C(F)(F)F)cc1)c1cnc(OC)nc1. The maximum Gasteiger partial charge on any atom is 0.416 e. The number of ether oxygens (including phenoxy) is 1. The van der Waals surface area contributed by atoms with Crippen LogP contribution in [0.15, 0.2) is 54.9 Å². The van der Waals surface area contributed by atoms with Crippen molar-refractivity contribution in [2.24, 2.45) is 0 Å². The van der Waals surface area contributed by atoms with Crippen molar-refractivity contribution in [2.45, 2.75) is 13.1 Å².